The summed E-state index contributed by atoms with van der Waals surface area (Å²) in [6.07, 6.45) is -2.67. The number of carbonyl (C=O) groups is 1. The average molecular weight is 454 g/mol. The molecule has 172 valence electrons. The van der Waals surface area contributed by atoms with Gasteiger partial charge in [0.1, 0.15) is 0 Å². The number of piperidine rings is 1. The lowest BCUT2D eigenvalue weighted by Crippen LogP contribution is -2.39. The van der Waals surface area contributed by atoms with Crippen LogP contribution in [0.3, 0.4) is 0 Å². The summed E-state index contributed by atoms with van der Waals surface area (Å²) in [5, 5.41) is 0. The lowest BCUT2D eigenvalue weighted by Gasteiger charge is -2.33. The highest BCUT2D eigenvalue weighted by atomic mass is 19.4. The summed E-state index contributed by atoms with van der Waals surface area (Å²) in [7, 11) is 3.90. The fourth-order valence-corrected chi connectivity index (χ4v) is 4.18. The van der Waals surface area contributed by atoms with E-state index in [1.165, 1.54) is 6.07 Å². The molecule has 0 aliphatic carbocycles. The lowest BCUT2D eigenvalue weighted by atomic mass is 9.93. The van der Waals surface area contributed by atoms with Crippen molar-refractivity contribution >= 4 is 11.6 Å². The number of anilines is 1. The quantitative estimate of drug-likeness (QED) is 0.497. The number of alkyl halides is 3. The lowest BCUT2D eigenvalue weighted by molar-refractivity contribution is -0.137. The molecule has 0 radical (unpaired) electrons. The van der Waals surface area contributed by atoms with Crippen LogP contribution in [0.5, 0.6) is 0 Å². The molecule has 1 aliphatic rings. The van der Waals surface area contributed by atoms with E-state index >= 15 is 0 Å². The van der Waals surface area contributed by atoms with Crippen molar-refractivity contribution in [3.05, 3.63) is 83.6 Å². The third-order valence-electron chi connectivity index (χ3n) is 6.01. The maximum Gasteiger partial charge on any atom is 0.416 e. The van der Waals surface area contributed by atoms with E-state index in [0.29, 0.717) is 29.9 Å². The molecule has 1 aromatic heterocycles. The first kappa shape index (κ1) is 22.8. The predicted molar refractivity (Wildman–Crippen MR) is 123 cm³/mol. The molecule has 1 saturated heterocycles. The highest BCUT2D eigenvalue weighted by Crippen LogP contribution is 2.33. The van der Waals surface area contributed by atoms with E-state index in [9.17, 15) is 18.0 Å². The number of carbonyl (C=O) groups excluding carboxylic acids is 1. The summed E-state index contributed by atoms with van der Waals surface area (Å²) in [6, 6.07) is 18.2. The van der Waals surface area contributed by atoms with Gasteiger partial charge in [0.15, 0.2) is 0 Å². The van der Waals surface area contributed by atoms with E-state index in [-0.39, 0.29) is 11.8 Å². The van der Waals surface area contributed by atoms with Gasteiger partial charge in [-0.3, -0.25) is 9.78 Å². The van der Waals surface area contributed by atoms with E-state index in [4.69, 9.17) is 0 Å². The molecule has 2 heterocycles. The number of nitrogens with zero attached hydrogens (tertiary/aromatic N) is 3. The molecule has 0 spiro atoms. The van der Waals surface area contributed by atoms with Crippen LogP contribution in [-0.4, -0.2) is 43.0 Å². The largest absolute Gasteiger partial charge is 0.416 e. The van der Waals surface area contributed by atoms with Crippen molar-refractivity contribution in [3.8, 4) is 11.3 Å². The van der Waals surface area contributed by atoms with Gasteiger partial charge in [-0.1, -0.05) is 18.2 Å². The molecular weight excluding hydrogens is 427 g/mol. The summed E-state index contributed by atoms with van der Waals surface area (Å²) in [5.74, 6) is 0.0218. The third-order valence-corrected chi connectivity index (χ3v) is 6.01. The molecule has 4 rings (SSSR count). The number of pyridine rings is 1. The Kier molecular flexibility index (Phi) is 6.40. The highest BCUT2D eigenvalue weighted by Gasteiger charge is 2.31. The Balaban J connectivity index is 1.52. The number of amides is 1. The maximum absolute atomic E-state index is 13.1. The minimum atomic E-state index is -4.40. The Labute approximate surface area is 191 Å². The standard InChI is InChI=1S/C26H26F3N3O/c1-31(2)22-13-11-18(12-14-22)25(33)32-15-5-7-20(17-32)24-10-4-9-23(30-24)19-6-3-8-21(16-19)26(27,28)29/h3-4,6,8-14,16,20H,5,7,15,17H2,1-2H3/t20-/m1/s1. The van der Waals surface area contributed by atoms with Gasteiger partial charge in [-0.15, -0.1) is 0 Å². The van der Waals surface area contributed by atoms with E-state index in [1.54, 1.807) is 12.1 Å². The molecule has 0 unspecified atom stereocenters. The second kappa shape index (κ2) is 9.25. The third kappa shape index (κ3) is 5.18. The van der Waals surface area contributed by atoms with Gasteiger partial charge in [-0.2, -0.15) is 13.2 Å². The van der Waals surface area contributed by atoms with Crippen molar-refractivity contribution < 1.29 is 18.0 Å². The Morgan fingerprint density at radius 1 is 1.03 bits per heavy atom. The highest BCUT2D eigenvalue weighted by molar-refractivity contribution is 5.94. The zero-order valence-corrected chi connectivity index (χ0v) is 18.6. The van der Waals surface area contributed by atoms with Crippen LogP contribution < -0.4 is 4.90 Å². The van der Waals surface area contributed by atoms with Crippen LogP contribution in [0.1, 0.15) is 40.4 Å². The van der Waals surface area contributed by atoms with Gasteiger partial charge in [-0.05, 0) is 61.4 Å². The van der Waals surface area contributed by atoms with Crippen molar-refractivity contribution in [3.63, 3.8) is 0 Å². The molecule has 1 aliphatic heterocycles. The van der Waals surface area contributed by atoms with E-state index in [0.717, 1.165) is 36.4 Å². The summed E-state index contributed by atoms with van der Waals surface area (Å²) < 4.78 is 39.3. The topological polar surface area (TPSA) is 36.4 Å². The minimum Gasteiger partial charge on any atom is -0.378 e. The van der Waals surface area contributed by atoms with Gasteiger partial charge in [0, 0.05) is 55.6 Å². The fourth-order valence-electron chi connectivity index (χ4n) is 4.18. The van der Waals surface area contributed by atoms with Crippen molar-refractivity contribution in [1.29, 1.82) is 0 Å². The number of hydrogen-bond acceptors (Lipinski definition) is 3. The van der Waals surface area contributed by atoms with Crippen LogP contribution in [-0.2, 0) is 6.18 Å². The van der Waals surface area contributed by atoms with E-state index in [2.05, 4.69) is 4.98 Å². The molecule has 1 atom stereocenters. The van der Waals surface area contributed by atoms with E-state index < -0.39 is 11.7 Å². The Morgan fingerprint density at radius 2 is 1.76 bits per heavy atom. The first-order chi connectivity index (χ1) is 15.7. The van der Waals surface area contributed by atoms with Crippen LogP contribution in [0.4, 0.5) is 18.9 Å². The summed E-state index contributed by atoms with van der Waals surface area (Å²) in [5.41, 5.74) is 2.70. The summed E-state index contributed by atoms with van der Waals surface area (Å²) in [6.45, 7) is 1.21. The fraction of sp³-hybridized carbons (Fsp3) is 0.308. The normalized spacial score (nSPS) is 16.5. The number of rotatable bonds is 4. The molecule has 1 amide bonds. The molecule has 1 fully saturated rings. The molecule has 0 bridgehead atoms. The Bertz CT molecular complexity index is 1130. The van der Waals surface area contributed by atoms with Gasteiger partial charge in [0.05, 0.1) is 11.3 Å². The molecule has 0 saturated carbocycles. The Hall–Kier alpha value is -3.35. The van der Waals surface area contributed by atoms with Crippen LogP contribution in [0.25, 0.3) is 11.3 Å². The van der Waals surface area contributed by atoms with Crippen LogP contribution in [0, 0.1) is 0 Å². The molecule has 0 N–H and O–H groups in total. The molecule has 3 aromatic rings. The molecular formula is C26H26F3N3O. The van der Waals surface area contributed by atoms with Crippen LogP contribution in [0.15, 0.2) is 66.7 Å². The van der Waals surface area contributed by atoms with Gasteiger partial charge in [0.25, 0.3) is 5.91 Å². The number of halogens is 3. The van der Waals surface area contributed by atoms with Crippen molar-refractivity contribution in [1.82, 2.24) is 9.88 Å². The van der Waals surface area contributed by atoms with Crippen molar-refractivity contribution in [2.24, 2.45) is 0 Å². The molecule has 2 aromatic carbocycles. The summed E-state index contributed by atoms with van der Waals surface area (Å²) >= 11 is 0. The molecule has 7 heteroatoms. The average Bonchev–Trinajstić information content (AvgIpc) is 2.83. The van der Waals surface area contributed by atoms with Gasteiger partial charge < -0.3 is 9.80 Å². The zero-order chi connectivity index (χ0) is 23.6. The van der Waals surface area contributed by atoms with Gasteiger partial charge in [0.2, 0.25) is 0 Å². The Morgan fingerprint density at radius 3 is 2.45 bits per heavy atom. The zero-order valence-electron chi connectivity index (χ0n) is 18.6. The van der Waals surface area contributed by atoms with E-state index in [1.807, 2.05) is 60.3 Å². The van der Waals surface area contributed by atoms with Gasteiger partial charge in [-0.25, -0.2) is 0 Å². The van der Waals surface area contributed by atoms with Gasteiger partial charge >= 0.3 is 6.18 Å². The monoisotopic (exact) mass is 453 g/mol. The first-order valence-electron chi connectivity index (χ1n) is 10.9. The minimum absolute atomic E-state index is 0.0148. The summed E-state index contributed by atoms with van der Waals surface area (Å²) in [4.78, 5) is 21.6. The van der Waals surface area contributed by atoms with Crippen LogP contribution >= 0.6 is 0 Å². The first-order valence-corrected chi connectivity index (χ1v) is 10.9. The second-order valence-corrected chi connectivity index (χ2v) is 8.56. The SMILES string of the molecule is CN(C)c1ccc(C(=O)N2CCC[C@@H](c3cccc(-c4cccc(C(F)(F)F)c4)n3)C2)cc1. The second-order valence-electron chi connectivity index (χ2n) is 8.56. The number of benzene rings is 2. The van der Waals surface area contributed by atoms with Crippen molar-refractivity contribution in [2.45, 2.75) is 24.9 Å². The number of likely N-dealkylation sites (tertiary alicyclic amines) is 1. The number of hydrogen-bond donors (Lipinski definition) is 0. The molecule has 33 heavy (non-hydrogen) atoms. The predicted octanol–water partition coefficient (Wildman–Crippen LogP) is 5.85. The maximum atomic E-state index is 13.1. The van der Waals surface area contributed by atoms with Crippen molar-refractivity contribution in [2.75, 3.05) is 32.1 Å². The number of aromatic nitrogens is 1. The smallest absolute Gasteiger partial charge is 0.378 e. The van der Waals surface area contributed by atoms with Crippen LogP contribution in [0.2, 0.25) is 0 Å². The molecule has 4 nitrogen and oxygen atoms in total.